The Balaban J connectivity index is 1.50. The minimum absolute atomic E-state index is 0.0210. The first kappa shape index (κ1) is 21.7. The van der Waals surface area contributed by atoms with Crippen LogP contribution in [0.5, 0.6) is 0 Å². The molecular formula is C20H18ClN3O5S. The Hall–Kier alpha value is -3.04. The van der Waals surface area contributed by atoms with Gasteiger partial charge in [0.2, 0.25) is 5.91 Å². The first-order chi connectivity index (χ1) is 14.3. The number of nitrogens with zero attached hydrogens (tertiary/aromatic N) is 1. The molecule has 0 radical (unpaired) electrons. The second kappa shape index (κ2) is 9.64. The normalized spacial score (nSPS) is 16.1. The molecule has 1 saturated heterocycles. The van der Waals surface area contributed by atoms with Gasteiger partial charge in [-0.3, -0.25) is 24.1 Å². The van der Waals surface area contributed by atoms with Gasteiger partial charge in [0, 0.05) is 18.1 Å². The van der Waals surface area contributed by atoms with Crippen LogP contribution in [0.3, 0.4) is 0 Å². The zero-order valence-corrected chi connectivity index (χ0v) is 17.5. The lowest BCUT2D eigenvalue weighted by atomic mass is 10.2. The molecular weight excluding hydrogens is 430 g/mol. The molecule has 1 unspecified atom stereocenters. The molecule has 0 bridgehead atoms. The molecule has 1 aromatic carbocycles. The molecule has 0 aliphatic carbocycles. The monoisotopic (exact) mass is 447 g/mol. The van der Waals surface area contributed by atoms with Crippen LogP contribution in [-0.2, 0) is 9.59 Å². The van der Waals surface area contributed by atoms with Crippen molar-refractivity contribution in [2.24, 2.45) is 0 Å². The van der Waals surface area contributed by atoms with Crippen LogP contribution in [0.1, 0.15) is 23.0 Å². The number of furan rings is 1. The third kappa shape index (κ3) is 5.31. The molecule has 1 atom stereocenters. The zero-order valence-electron chi connectivity index (χ0n) is 15.9. The van der Waals surface area contributed by atoms with E-state index in [9.17, 15) is 19.2 Å². The second-order valence-corrected chi connectivity index (χ2v) is 7.78. The highest BCUT2D eigenvalue weighted by Crippen LogP contribution is 2.32. The van der Waals surface area contributed by atoms with Gasteiger partial charge in [0.15, 0.2) is 5.76 Å². The standard InChI is InChI=1S/C20H18ClN3O5S/c1-12(23-18(26)15-3-2-10-29-15)17(25)22-8-9-24-19(27)16(30-20(24)28)11-13-4-6-14(21)7-5-13/h2-7,10-12H,8-9H2,1H3,(H,22,25)(H,23,26)/b16-11-. The van der Waals surface area contributed by atoms with Gasteiger partial charge in [-0.15, -0.1) is 0 Å². The third-order valence-electron chi connectivity index (χ3n) is 4.16. The third-order valence-corrected chi connectivity index (χ3v) is 5.32. The van der Waals surface area contributed by atoms with Gasteiger partial charge >= 0.3 is 0 Å². The molecule has 1 fully saturated rings. The van der Waals surface area contributed by atoms with Crippen molar-refractivity contribution in [2.75, 3.05) is 13.1 Å². The summed E-state index contributed by atoms with van der Waals surface area (Å²) in [4.78, 5) is 50.0. The molecule has 2 N–H and O–H groups in total. The minimum atomic E-state index is -0.817. The van der Waals surface area contributed by atoms with Crippen molar-refractivity contribution in [3.63, 3.8) is 0 Å². The molecule has 30 heavy (non-hydrogen) atoms. The van der Waals surface area contributed by atoms with E-state index in [2.05, 4.69) is 10.6 Å². The summed E-state index contributed by atoms with van der Waals surface area (Å²) in [6.45, 7) is 1.60. The van der Waals surface area contributed by atoms with E-state index in [0.717, 1.165) is 22.2 Å². The second-order valence-electron chi connectivity index (χ2n) is 6.35. The molecule has 0 spiro atoms. The Morgan fingerprint density at radius 2 is 1.97 bits per heavy atom. The van der Waals surface area contributed by atoms with Crippen molar-refractivity contribution in [1.29, 1.82) is 0 Å². The van der Waals surface area contributed by atoms with Gasteiger partial charge < -0.3 is 15.1 Å². The lowest BCUT2D eigenvalue weighted by molar-refractivity contribution is -0.124. The number of carbonyl (C=O) groups is 4. The summed E-state index contributed by atoms with van der Waals surface area (Å²) in [6.07, 6.45) is 2.98. The van der Waals surface area contributed by atoms with E-state index in [1.54, 1.807) is 36.4 Å². The first-order valence-electron chi connectivity index (χ1n) is 8.98. The number of halogens is 1. The first-order valence-corrected chi connectivity index (χ1v) is 10.2. The summed E-state index contributed by atoms with van der Waals surface area (Å²) >= 11 is 6.68. The van der Waals surface area contributed by atoms with Gasteiger partial charge in [0.25, 0.3) is 17.1 Å². The number of benzene rings is 1. The Morgan fingerprint density at radius 1 is 1.23 bits per heavy atom. The van der Waals surface area contributed by atoms with Gasteiger partial charge in [0.05, 0.1) is 11.2 Å². The fraction of sp³-hybridized carbons (Fsp3) is 0.200. The van der Waals surface area contributed by atoms with Crippen molar-refractivity contribution < 1.29 is 23.6 Å². The van der Waals surface area contributed by atoms with Crippen molar-refractivity contribution in [3.05, 3.63) is 63.9 Å². The SMILES string of the molecule is CC(NC(=O)c1ccco1)C(=O)NCCN1C(=O)S/C(=C\c2ccc(Cl)cc2)C1=O. The largest absolute Gasteiger partial charge is 0.459 e. The smallest absolute Gasteiger partial charge is 0.293 e. The van der Waals surface area contributed by atoms with Gasteiger partial charge in [-0.25, -0.2) is 0 Å². The van der Waals surface area contributed by atoms with Crippen LogP contribution in [0, 0.1) is 0 Å². The number of nitrogens with one attached hydrogen (secondary N) is 2. The highest BCUT2D eigenvalue weighted by atomic mass is 35.5. The lowest BCUT2D eigenvalue weighted by Crippen LogP contribution is -2.46. The molecule has 2 aromatic rings. The summed E-state index contributed by atoms with van der Waals surface area (Å²) in [7, 11) is 0. The maximum Gasteiger partial charge on any atom is 0.293 e. The van der Waals surface area contributed by atoms with Crippen LogP contribution < -0.4 is 10.6 Å². The zero-order chi connectivity index (χ0) is 21.7. The number of amides is 4. The van der Waals surface area contributed by atoms with Crippen LogP contribution in [0.25, 0.3) is 6.08 Å². The molecule has 1 aliphatic heterocycles. The van der Waals surface area contributed by atoms with Gasteiger partial charge in [-0.1, -0.05) is 23.7 Å². The Labute approximate surface area is 181 Å². The van der Waals surface area contributed by atoms with E-state index in [1.807, 2.05) is 0 Å². The maximum absolute atomic E-state index is 12.5. The highest BCUT2D eigenvalue weighted by molar-refractivity contribution is 8.18. The Kier molecular flexibility index (Phi) is 6.96. The van der Waals surface area contributed by atoms with Crippen LogP contribution in [0.4, 0.5) is 4.79 Å². The fourth-order valence-electron chi connectivity index (χ4n) is 2.59. The number of hydrogen-bond donors (Lipinski definition) is 2. The van der Waals surface area contributed by atoms with E-state index >= 15 is 0 Å². The number of imide groups is 1. The average molecular weight is 448 g/mol. The minimum Gasteiger partial charge on any atom is -0.459 e. The molecule has 10 heteroatoms. The summed E-state index contributed by atoms with van der Waals surface area (Å²) in [5.74, 6) is -1.28. The molecule has 0 saturated carbocycles. The molecule has 1 aromatic heterocycles. The fourth-order valence-corrected chi connectivity index (χ4v) is 3.58. The average Bonchev–Trinajstić information content (AvgIpc) is 3.34. The molecule has 8 nitrogen and oxygen atoms in total. The van der Waals surface area contributed by atoms with Gasteiger partial charge in [-0.05, 0) is 54.6 Å². The quantitative estimate of drug-likeness (QED) is 0.632. The number of carbonyl (C=O) groups excluding carboxylic acids is 4. The topological polar surface area (TPSA) is 109 Å². The molecule has 2 heterocycles. The lowest BCUT2D eigenvalue weighted by Gasteiger charge is -2.16. The number of thioether (sulfide) groups is 1. The summed E-state index contributed by atoms with van der Waals surface area (Å²) in [5.41, 5.74) is 0.749. The van der Waals surface area contributed by atoms with Crippen LogP contribution in [0.2, 0.25) is 5.02 Å². The van der Waals surface area contributed by atoms with Crippen LogP contribution >= 0.6 is 23.4 Å². The van der Waals surface area contributed by atoms with Crippen LogP contribution in [0.15, 0.2) is 52.0 Å². The number of hydrogen-bond acceptors (Lipinski definition) is 6. The molecule has 4 amide bonds. The van der Waals surface area contributed by atoms with Crippen molar-refractivity contribution in [2.45, 2.75) is 13.0 Å². The van der Waals surface area contributed by atoms with E-state index < -0.39 is 29.0 Å². The van der Waals surface area contributed by atoms with Crippen molar-refractivity contribution >= 4 is 52.4 Å². The molecule has 156 valence electrons. The van der Waals surface area contributed by atoms with Crippen LogP contribution in [-0.4, -0.2) is 47.0 Å². The summed E-state index contributed by atoms with van der Waals surface area (Å²) in [5, 5.41) is 5.27. The Morgan fingerprint density at radius 3 is 2.63 bits per heavy atom. The summed E-state index contributed by atoms with van der Waals surface area (Å²) in [6, 6.07) is 9.11. The van der Waals surface area contributed by atoms with Crippen molar-refractivity contribution in [1.82, 2.24) is 15.5 Å². The van der Waals surface area contributed by atoms with Gasteiger partial charge in [0.1, 0.15) is 6.04 Å². The van der Waals surface area contributed by atoms with E-state index in [0.29, 0.717) is 9.93 Å². The predicted octanol–water partition coefficient (Wildman–Crippen LogP) is 2.90. The molecule has 1 aliphatic rings. The number of rotatable bonds is 7. The van der Waals surface area contributed by atoms with Crippen molar-refractivity contribution in [3.8, 4) is 0 Å². The van der Waals surface area contributed by atoms with E-state index in [1.165, 1.54) is 19.3 Å². The van der Waals surface area contributed by atoms with E-state index in [-0.39, 0.29) is 18.8 Å². The molecule has 3 rings (SSSR count). The van der Waals surface area contributed by atoms with E-state index in [4.69, 9.17) is 16.0 Å². The van der Waals surface area contributed by atoms with Gasteiger partial charge in [-0.2, -0.15) is 0 Å². The predicted molar refractivity (Wildman–Crippen MR) is 113 cm³/mol. The maximum atomic E-state index is 12.5. The highest BCUT2D eigenvalue weighted by Gasteiger charge is 2.34. The Bertz CT molecular complexity index is 988. The summed E-state index contributed by atoms with van der Waals surface area (Å²) < 4.78 is 4.97.